The maximum atomic E-state index is 3.80. The van der Waals surface area contributed by atoms with Crippen molar-refractivity contribution < 1.29 is 0 Å². The summed E-state index contributed by atoms with van der Waals surface area (Å²) in [4.78, 5) is 5.12. The number of hydrogen-bond donors (Lipinski definition) is 1. The predicted molar refractivity (Wildman–Crippen MR) is 78.0 cm³/mol. The van der Waals surface area contributed by atoms with Gasteiger partial charge < -0.3 is 10.2 Å². The van der Waals surface area contributed by atoms with E-state index in [9.17, 15) is 0 Å². The Kier molecular flexibility index (Phi) is 5.46. The molecule has 0 spiro atoms. The van der Waals surface area contributed by atoms with Crippen molar-refractivity contribution in [1.82, 2.24) is 15.1 Å². The summed E-state index contributed by atoms with van der Waals surface area (Å²) in [5.74, 6) is 0. The number of likely N-dealkylation sites (N-methyl/N-ethyl adjacent to an activating group) is 1. The summed E-state index contributed by atoms with van der Waals surface area (Å²) >= 11 is 0. The third-order valence-corrected chi connectivity index (χ3v) is 4.76. The van der Waals surface area contributed by atoms with Crippen LogP contribution in [0, 0.1) is 0 Å². The first-order chi connectivity index (χ1) is 8.66. The standard InChI is InChI=1S/C15H31N3/c1-13(11-16-15-7-5-4-6-8-15)18-10-9-17(3)12-14(18)2/h13-16H,4-12H2,1-3H3. The van der Waals surface area contributed by atoms with E-state index in [2.05, 4.69) is 36.0 Å². The Balaban J connectivity index is 1.71. The van der Waals surface area contributed by atoms with Gasteiger partial charge in [0.05, 0.1) is 0 Å². The van der Waals surface area contributed by atoms with Gasteiger partial charge in [0.1, 0.15) is 0 Å². The molecular weight excluding hydrogens is 222 g/mol. The summed E-state index contributed by atoms with van der Waals surface area (Å²) < 4.78 is 0. The van der Waals surface area contributed by atoms with Crippen LogP contribution in [0.15, 0.2) is 0 Å². The molecule has 106 valence electrons. The first-order valence-electron chi connectivity index (χ1n) is 7.84. The van der Waals surface area contributed by atoms with Crippen molar-refractivity contribution in [3.8, 4) is 0 Å². The van der Waals surface area contributed by atoms with Gasteiger partial charge in [-0.25, -0.2) is 0 Å². The summed E-state index contributed by atoms with van der Waals surface area (Å²) in [5.41, 5.74) is 0. The third-order valence-electron chi connectivity index (χ3n) is 4.76. The van der Waals surface area contributed by atoms with Gasteiger partial charge in [0.25, 0.3) is 0 Å². The number of nitrogens with one attached hydrogen (secondary N) is 1. The topological polar surface area (TPSA) is 18.5 Å². The molecule has 1 heterocycles. The van der Waals surface area contributed by atoms with Crippen molar-refractivity contribution in [2.45, 2.75) is 64.1 Å². The summed E-state index contributed by atoms with van der Waals surface area (Å²) in [5, 5.41) is 3.80. The van der Waals surface area contributed by atoms with Crippen molar-refractivity contribution in [3.63, 3.8) is 0 Å². The van der Waals surface area contributed by atoms with Crippen LogP contribution in [-0.4, -0.2) is 61.2 Å². The highest BCUT2D eigenvalue weighted by Crippen LogP contribution is 2.18. The van der Waals surface area contributed by atoms with Gasteiger partial charge in [-0.15, -0.1) is 0 Å². The minimum absolute atomic E-state index is 0.677. The van der Waals surface area contributed by atoms with E-state index in [1.54, 1.807) is 0 Å². The molecule has 2 unspecified atom stereocenters. The number of nitrogens with zero attached hydrogens (tertiary/aromatic N) is 2. The Morgan fingerprint density at radius 3 is 2.56 bits per heavy atom. The molecule has 1 aliphatic heterocycles. The van der Waals surface area contributed by atoms with Crippen molar-refractivity contribution >= 4 is 0 Å². The Morgan fingerprint density at radius 1 is 1.17 bits per heavy atom. The lowest BCUT2D eigenvalue weighted by Gasteiger charge is -2.42. The van der Waals surface area contributed by atoms with Crippen LogP contribution in [0.25, 0.3) is 0 Å². The summed E-state index contributed by atoms with van der Waals surface area (Å²) in [6.07, 6.45) is 7.09. The molecule has 0 aromatic rings. The van der Waals surface area contributed by atoms with Crippen LogP contribution in [0.4, 0.5) is 0 Å². The quantitative estimate of drug-likeness (QED) is 0.826. The molecule has 1 saturated heterocycles. The maximum absolute atomic E-state index is 3.80. The molecule has 3 heteroatoms. The molecule has 0 bridgehead atoms. The van der Waals surface area contributed by atoms with E-state index in [1.165, 1.54) is 58.3 Å². The van der Waals surface area contributed by atoms with E-state index < -0.39 is 0 Å². The van der Waals surface area contributed by atoms with Gasteiger partial charge in [0.15, 0.2) is 0 Å². The SMILES string of the molecule is CC(CNC1CCCCC1)N1CCN(C)CC1C. The average molecular weight is 253 g/mol. The average Bonchev–Trinajstić information content (AvgIpc) is 2.37. The smallest absolute Gasteiger partial charge is 0.0198 e. The number of piperazine rings is 1. The fraction of sp³-hybridized carbons (Fsp3) is 1.00. The maximum Gasteiger partial charge on any atom is 0.0198 e. The molecule has 1 N–H and O–H groups in total. The molecule has 0 aromatic heterocycles. The fourth-order valence-corrected chi connectivity index (χ4v) is 3.57. The van der Waals surface area contributed by atoms with Crippen LogP contribution in [0.3, 0.4) is 0 Å². The van der Waals surface area contributed by atoms with Crippen LogP contribution < -0.4 is 5.32 Å². The molecule has 2 rings (SSSR count). The first-order valence-corrected chi connectivity index (χ1v) is 7.84. The molecule has 2 fully saturated rings. The summed E-state index contributed by atoms with van der Waals surface area (Å²) in [6.45, 7) is 9.58. The first kappa shape index (κ1) is 14.3. The second-order valence-corrected chi connectivity index (χ2v) is 6.44. The monoisotopic (exact) mass is 253 g/mol. The van der Waals surface area contributed by atoms with E-state index in [1.807, 2.05) is 0 Å². The second-order valence-electron chi connectivity index (χ2n) is 6.44. The molecule has 2 atom stereocenters. The molecule has 0 radical (unpaired) electrons. The van der Waals surface area contributed by atoms with Gasteiger partial charge in [0, 0.05) is 44.3 Å². The fourth-order valence-electron chi connectivity index (χ4n) is 3.57. The minimum atomic E-state index is 0.677. The van der Waals surface area contributed by atoms with Crippen molar-refractivity contribution in [2.75, 3.05) is 33.2 Å². The highest BCUT2D eigenvalue weighted by atomic mass is 15.3. The molecule has 1 aliphatic carbocycles. The van der Waals surface area contributed by atoms with Crippen LogP contribution in [0.1, 0.15) is 46.0 Å². The Hall–Kier alpha value is -0.120. The van der Waals surface area contributed by atoms with E-state index in [-0.39, 0.29) is 0 Å². The zero-order valence-electron chi connectivity index (χ0n) is 12.5. The van der Waals surface area contributed by atoms with E-state index in [4.69, 9.17) is 0 Å². The highest BCUT2D eigenvalue weighted by molar-refractivity contribution is 4.83. The molecule has 18 heavy (non-hydrogen) atoms. The Labute approximate surface area is 113 Å². The second kappa shape index (κ2) is 6.88. The normalized spacial score (nSPS) is 30.5. The lowest BCUT2D eigenvalue weighted by atomic mass is 9.95. The van der Waals surface area contributed by atoms with Gasteiger partial charge in [0.2, 0.25) is 0 Å². The molecule has 3 nitrogen and oxygen atoms in total. The minimum Gasteiger partial charge on any atom is -0.312 e. The molecule has 0 aromatic carbocycles. The largest absolute Gasteiger partial charge is 0.312 e. The summed E-state index contributed by atoms with van der Waals surface area (Å²) in [6, 6.07) is 2.17. The molecule has 1 saturated carbocycles. The van der Waals surface area contributed by atoms with Crippen LogP contribution in [0.2, 0.25) is 0 Å². The third kappa shape index (κ3) is 3.94. The van der Waals surface area contributed by atoms with Gasteiger partial charge >= 0.3 is 0 Å². The van der Waals surface area contributed by atoms with Gasteiger partial charge in [-0.3, -0.25) is 4.90 Å². The van der Waals surface area contributed by atoms with Crippen molar-refractivity contribution in [1.29, 1.82) is 0 Å². The van der Waals surface area contributed by atoms with E-state index >= 15 is 0 Å². The molecule has 2 aliphatic rings. The van der Waals surface area contributed by atoms with E-state index in [0.29, 0.717) is 12.1 Å². The van der Waals surface area contributed by atoms with Crippen molar-refractivity contribution in [3.05, 3.63) is 0 Å². The lowest BCUT2D eigenvalue weighted by molar-refractivity contribution is 0.0657. The van der Waals surface area contributed by atoms with Crippen molar-refractivity contribution in [2.24, 2.45) is 0 Å². The highest BCUT2D eigenvalue weighted by Gasteiger charge is 2.25. The molecular formula is C15H31N3. The number of rotatable bonds is 4. The zero-order valence-corrected chi connectivity index (χ0v) is 12.5. The van der Waals surface area contributed by atoms with Crippen LogP contribution in [-0.2, 0) is 0 Å². The Bertz CT molecular complexity index is 238. The van der Waals surface area contributed by atoms with E-state index in [0.717, 1.165) is 6.04 Å². The van der Waals surface area contributed by atoms with Crippen LogP contribution >= 0.6 is 0 Å². The predicted octanol–water partition coefficient (Wildman–Crippen LogP) is 1.93. The zero-order chi connectivity index (χ0) is 13.0. The van der Waals surface area contributed by atoms with Crippen LogP contribution in [0.5, 0.6) is 0 Å². The van der Waals surface area contributed by atoms with Gasteiger partial charge in [-0.05, 0) is 33.7 Å². The van der Waals surface area contributed by atoms with Gasteiger partial charge in [-0.2, -0.15) is 0 Å². The summed E-state index contributed by atoms with van der Waals surface area (Å²) in [7, 11) is 2.23. The number of hydrogen-bond acceptors (Lipinski definition) is 3. The Morgan fingerprint density at radius 2 is 1.89 bits per heavy atom. The molecule has 0 amide bonds. The lowest BCUT2D eigenvalue weighted by Crippen LogP contribution is -2.56. The van der Waals surface area contributed by atoms with Gasteiger partial charge in [-0.1, -0.05) is 19.3 Å².